The van der Waals surface area contributed by atoms with Gasteiger partial charge in [0.2, 0.25) is 0 Å². The average molecular weight is 281 g/mol. The fourth-order valence-corrected chi connectivity index (χ4v) is 2.63. The summed E-state index contributed by atoms with van der Waals surface area (Å²) in [6.07, 6.45) is 1.75. The molecule has 3 nitrogen and oxygen atoms in total. The number of aromatic nitrogens is 2. The van der Waals surface area contributed by atoms with Crippen molar-refractivity contribution in [3.05, 3.63) is 66.4 Å². The lowest BCUT2D eigenvalue weighted by atomic mass is 10.0. The maximum atomic E-state index is 3.85. The SMILES string of the molecule is CC(Nc1cnns1)c1ccc(-c2ccccc2)cc1. The van der Waals surface area contributed by atoms with Gasteiger partial charge in [-0.15, -0.1) is 5.10 Å². The summed E-state index contributed by atoms with van der Waals surface area (Å²) in [6, 6.07) is 19.3. The molecule has 2 aromatic carbocycles. The fourth-order valence-electron chi connectivity index (χ4n) is 2.12. The maximum Gasteiger partial charge on any atom is 0.130 e. The minimum absolute atomic E-state index is 0.238. The molecule has 20 heavy (non-hydrogen) atoms. The van der Waals surface area contributed by atoms with Crippen LogP contribution in [0.5, 0.6) is 0 Å². The zero-order valence-electron chi connectivity index (χ0n) is 11.2. The number of nitrogens with zero attached hydrogens (tertiary/aromatic N) is 2. The van der Waals surface area contributed by atoms with E-state index in [0.717, 1.165) is 5.00 Å². The Morgan fingerprint density at radius 2 is 1.65 bits per heavy atom. The Hall–Kier alpha value is -2.20. The molecular formula is C16H15N3S. The Kier molecular flexibility index (Phi) is 3.74. The van der Waals surface area contributed by atoms with Crippen molar-refractivity contribution >= 4 is 16.5 Å². The van der Waals surface area contributed by atoms with Crippen LogP contribution in [0.4, 0.5) is 5.00 Å². The van der Waals surface area contributed by atoms with Crippen molar-refractivity contribution in [1.82, 2.24) is 9.59 Å². The first kappa shape index (κ1) is 12.8. The third kappa shape index (κ3) is 2.86. The zero-order chi connectivity index (χ0) is 13.8. The molecule has 1 aromatic heterocycles. The smallest absolute Gasteiger partial charge is 0.130 e. The van der Waals surface area contributed by atoms with Gasteiger partial charge in [0.15, 0.2) is 0 Å². The van der Waals surface area contributed by atoms with Crippen LogP contribution < -0.4 is 5.32 Å². The lowest BCUT2D eigenvalue weighted by Crippen LogP contribution is -2.05. The zero-order valence-corrected chi connectivity index (χ0v) is 12.0. The highest BCUT2D eigenvalue weighted by molar-refractivity contribution is 7.09. The van der Waals surface area contributed by atoms with Crippen LogP contribution in [0.2, 0.25) is 0 Å². The van der Waals surface area contributed by atoms with Gasteiger partial charge < -0.3 is 5.32 Å². The second-order valence-electron chi connectivity index (χ2n) is 4.64. The van der Waals surface area contributed by atoms with Crippen LogP contribution in [-0.4, -0.2) is 9.59 Å². The Morgan fingerprint density at radius 3 is 2.30 bits per heavy atom. The second-order valence-corrected chi connectivity index (χ2v) is 5.42. The molecule has 0 saturated heterocycles. The standard InChI is InChI=1S/C16H15N3S/c1-12(18-16-11-17-19-20-16)13-7-9-15(10-8-13)14-5-3-2-4-6-14/h2-12,18H,1H3. The second kappa shape index (κ2) is 5.84. The van der Waals surface area contributed by atoms with E-state index in [1.807, 2.05) is 6.07 Å². The first-order chi connectivity index (χ1) is 9.83. The molecule has 1 atom stereocenters. The molecule has 0 bridgehead atoms. The number of hydrogen-bond acceptors (Lipinski definition) is 4. The first-order valence-corrected chi connectivity index (χ1v) is 7.29. The van der Waals surface area contributed by atoms with Gasteiger partial charge in [-0.2, -0.15) is 0 Å². The van der Waals surface area contributed by atoms with E-state index in [9.17, 15) is 0 Å². The fraction of sp³-hybridized carbons (Fsp3) is 0.125. The van der Waals surface area contributed by atoms with Crippen LogP contribution in [-0.2, 0) is 0 Å². The molecule has 0 aliphatic rings. The van der Waals surface area contributed by atoms with Gasteiger partial charge in [0.25, 0.3) is 0 Å². The van der Waals surface area contributed by atoms with Crippen LogP contribution in [0.1, 0.15) is 18.5 Å². The van der Waals surface area contributed by atoms with E-state index < -0.39 is 0 Å². The highest BCUT2D eigenvalue weighted by Gasteiger charge is 2.07. The van der Waals surface area contributed by atoms with Gasteiger partial charge in [-0.25, -0.2) is 0 Å². The topological polar surface area (TPSA) is 37.8 Å². The molecule has 0 radical (unpaired) electrons. The van der Waals surface area contributed by atoms with Gasteiger partial charge in [-0.1, -0.05) is 59.1 Å². The summed E-state index contributed by atoms with van der Waals surface area (Å²) in [5.41, 5.74) is 3.73. The van der Waals surface area contributed by atoms with Gasteiger partial charge >= 0.3 is 0 Å². The largest absolute Gasteiger partial charge is 0.368 e. The van der Waals surface area contributed by atoms with Crippen LogP contribution in [0.3, 0.4) is 0 Å². The highest BCUT2D eigenvalue weighted by atomic mass is 32.1. The average Bonchev–Trinajstić information content (AvgIpc) is 3.01. The minimum Gasteiger partial charge on any atom is -0.368 e. The van der Waals surface area contributed by atoms with Gasteiger partial charge in [0.1, 0.15) is 5.00 Å². The minimum atomic E-state index is 0.238. The molecule has 0 aliphatic heterocycles. The van der Waals surface area contributed by atoms with Crippen LogP contribution >= 0.6 is 11.5 Å². The van der Waals surface area contributed by atoms with Crippen molar-refractivity contribution in [3.63, 3.8) is 0 Å². The summed E-state index contributed by atoms with van der Waals surface area (Å²) in [5, 5.41) is 8.21. The van der Waals surface area contributed by atoms with Gasteiger partial charge in [-0.05, 0) is 23.6 Å². The summed E-state index contributed by atoms with van der Waals surface area (Å²) in [6.45, 7) is 2.14. The van der Waals surface area contributed by atoms with Crippen LogP contribution in [0, 0.1) is 0 Å². The number of rotatable bonds is 4. The monoisotopic (exact) mass is 281 g/mol. The van der Waals surface area contributed by atoms with Crippen LogP contribution in [0.15, 0.2) is 60.8 Å². The lowest BCUT2D eigenvalue weighted by Gasteiger charge is -2.14. The molecule has 1 unspecified atom stereocenters. The van der Waals surface area contributed by atoms with Crippen molar-refractivity contribution in [1.29, 1.82) is 0 Å². The van der Waals surface area contributed by atoms with Crippen molar-refractivity contribution in [2.45, 2.75) is 13.0 Å². The van der Waals surface area contributed by atoms with E-state index in [-0.39, 0.29) is 6.04 Å². The van der Waals surface area contributed by atoms with Gasteiger partial charge in [0.05, 0.1) is 6.20 Å². The van der Waals surface area contributed by atoms with Crippen LogP contribution in [0.25, 0.3) is 11.1 Å². The lowest BCUT2D eigenvalue weighted by molar-refractivity contribution is 0.888. The van der Waals surface area contributed by atoms with Gasteiger partial charge in [0, 0.05) is 17.6 Å². The molecule has 3 rings (SSSR count). The van der Waals surface area contributed by atoms with E-state index in [0.29, 0.717) is 0 Å². The Balaban J connectivity index is 1.76. The first-order valence-electron chi connectivity index (χ1n) is 6.52. The van der Waals surface area contributed by atoms with E-state index in [2.05, 4.69) is 70.4 Å². The van der Waals surface area contributed by atoms with E-state index >= 15 is 0 Å². The number of hydrogen-bond donors (Lipinski definition) is 1. The normalized spacial score (nSPS) is 12.1. The molecule has 0 amide bonds. The maximum absolute atomic E-state index is 3.85. The predicted octanol–water partition coefficient (Wildman–Crippen LogP) is 4.38. The molecule has 3 aromatic rings. The number of benzene rings is 2. The number of nitrogens with one attached hydrogen (secondary N) is 1. The summed E-state index contributed by atoms with van der Waals surface area (Å²) in [4.78, 5) is 0. The van der Waals surface area contributed by atoms with Gasteiger partial charge in [-0.3, -0.25) is 0 Å². The third-order valence-corrected chi connectivity index (χ3v) is 3.83. The Bertz CT molecular complexity index is 648. The molecular weight excluding hydrogens is 266 g/mol. The Labute approximate surface area is 122 Å². The Morgan fingerprint density at radius 1 is 0.950 bits per heavy atom. The summed E-state index contributed by atoms with van der Waals surface area (Å²) in [7, 11) is 0. The summed E-state index contributed by atoms with van der Waals surface area (Å²) in [5.74, 6) is 0. The van der Waals surface area contributed by atoms with Crippen molar-refractivity contribution in [3.8, 4) is 11.1 Å². The molecule has 1 heterocycles. The summed E-state index contributed by atoms with van der Waals surface area (Å²) < 4.78 is 3.85. The molecule has 0 aliphatic carbocycles. The molecule has 4 heteroatoms. The molecule has 0 fully saturated rings. The summed E-state index contributed by atoms with van der Waals surface area (Å²) >= 11 is 1.37. The van der Waals surface area contributed by atoms with Crippen molar-refractivity contribution in [2.75, 3.05) is 5.32 Å². The molecule has 1 N–H and O–H groups in total. The highest BCUT2D eigenvalue weighted by Crippen LogP contribution is 2.24. The molecule has 0 saturated carbocycles. The predicted molar refractivity (Wildman–Crippen MR) is 83.8 cm³/mol. The number of anilines is 1. The van der Waals surface area contributed by atoms with E-state index in [4.69, 9.17) is 0 Å². The quantitative estimate of drug-likeness (QED) is 0.771. The van der Waals surface area contributed by atoms with E-state index in [1.165, 1.54) is 28.2 Å². The van der Waals surface area contributed by atoms with E-state index in [1.54, 1.807) is 6.20 Å². The molecule has 100 valence electrons. The van der Waals surface area contributed by atoms with Crippen molar-refractivity contribution < 1.29 is 0 Å². The third-order valence-electron chi connectivity index (χ3n) is 3.24. The van der Waals surface area contributed by atoms with Crippen molar-refractivity contribution in [2.24, 2.45) is 0 Å². The molecule has 0 spiro atoms.